The van der Waals surface area contributed by atoms with Crippen LogP contribution in [0.25, 0.3) is 6.08 Å². The van der Waals surface area contributed by atoms with Crippen LogP contribution in [-0.2, 0) is 19.3 Å². The Morgan fingerprint density at radius 3 is 1.70 bits per heavy atom. The zero-order valence-corrected chi connectivity index (χ0v) is 14.7. The fourth-order valence-electron chi connectivity index (χ4n) is 2.84. The highest BCUT2D eigenvalue weighted by molar-refractivity contribution is 5.49. The molecule has 0 bridgehead atoms. The van der Waals surface area contributed by atoms with Crippen LogP contribution in [0.1, 0.15) is 61.8 Å². The molecule has 0 aliphatic heterocycles. The number of hydrogen-bond donors (Lipinski definition) is 0. The third-order valence-electron chi connectivity index (χ3n) is 4.24. The Labute approximate surface area is 142 Å². The monoisotopic (exact) mass is 306 g/mol. The molecule has 0 spiro atoms. The Kier molecular flexibility index (Phi) is 7.66. The Morgan fingerprint density at radius 2 is 1.17 bits per heavy atom. The maximum absolute atomic E-state index is 2.30. The average molecular weight is 306 g/mol. The molecule has 23 heavy (non-hydrogen) atoms. The van der Waals surface area contributed by atoms with Gasteiger partial charge in [-0.2, -0.15) is 0 Å². The van der Waals surface area contributed by atoms with Gasteiger partial charge in [-0.1, -0.05) is 87.4 Å². The van der Waals surface area contributed by atoms with Gasteiger partial charge in [0.25, 0.3) is 0 Å². The van der Waals surface area contributed by atoms with Crippen LogP contribution in [0.4, 0.5) is 0 Å². The molecule has 2 aromatic carbocycles. The highest BCUT2D eigenvalue weighted by Gasteiger charge is 1.97. The molecule has 0 heterocycles. The van der Waals surface area contributed by atoms with E-state index in [-0.39, 0.29) is 0 Å². The van der Waals surface area contributed by atoms with Crippen LogP contribution < -0.4 is 0 Å². The molecule has 0 aliphatic carbocycles. The number of benzene rings is 2. The van der Waals surface area contributed by atoms with E-state index in [9.17, 15) is 0 Å². The molecule has 0 N–H and O–H groups in total. The summed E-state index contributed by atoms with van der Waals surface area (Å²) >= 11 is 0. The number of aryl methyl sites for hydroxylation is 3. The summed E-state index contributed by atoms with van der Waals surface area (Å²) in [5.74, 6) is 0. The minimum atomic E-state index is 1.16. The van der Waals surface area contributed by atoms with E-state index in [4.69, 9.17) is 0 Å². The van der Waals surface area contributed by atoms with Crippen LogP contribution in [0.2, 0.25) is 0 Å². The molecular weight excluding hydrogens is 276 g/mol. The van der Waals surface area contributed by atoms with Gasteiger partial charge in [0, 0.05) is 0 Å². The molecule has 0 fully saturated rings. The first-order chi connectivity index (χ1) is 11.3. The second-order valence-electron chi connectivity index (χ2n) is 6.35. The second-order valence-corrected chi connectivity index (χ2v) is 6.35. The molecule has 0 heteroatoms. The molecule has 0 saturated heterocycles. The molecule has 0 radical (unpaired) electrons. The lowest BCUT2D eigenvalue weighted by atomic mass is 10.0. The summed E-state index contributed by atoms with van der Waals surface area (Å²) in [5.41, 5.74) is 5.68. The quantitative estimate of drug-likeness (QED) is 0.488. The summed E-state index contributed by atoms with van der Waals surface area (Å²) in [7, 11) is 0. The van der Waals surface area contributed by atoms with Gasteiger partial charge >= 0.3 is 0 Å². The first kappa shape index (κ1) is 17.5. The summed E-state index contributed by atoms with van der Waals surface area (Å²) in [6, 6.07) is 18.2. The number of allylic oxidation sites excluding steroid dienone is 1. The van der Waals surface area contributed by atoms with Crippen molar-refractivity contribution >= 4 is 6.08 Å². The van der Waals surface area contributed by atoms with Crippen LogP contribution in [-0.4, -0.2) is 0 Å². The van der Waals surface area contributed by atoms with Gasteiger partial charge in [0.1, 0.15) is 0 Å². The predicted octanol–water partition coefficient (Wildman–Crippen LogP) is 6.63. The van der Waals surface area contributed by atoms with Gasteiger partial charge in [0.15, 0.2) is 0 Å². The second kappa shape index (κ2) is 10.0. The molecule has 0 amide bonds. The highest BCUT2D eigenvalue weighted by atomic mass is 14.0. The van der Waals surface area contributed by atoms with E-state index in [1.807, 2.05) is 0 Å². The normalized spacial score (nSPS) is 11.2. The van der Waals surface area contributed by atoms with Crippen LogP contribution >= 0.6 is 0 Å². The van der Waals surface area contributed by atoms with E-state index in [2.05, 4.69) is 74.5 Å². The summed E-state index contributed by atoms with van der Waals surface area (Å²) in [4.78, 5) is 0. The van der Waals surface area contributed by atoms with Gasteiger partial charge < -0.3 is 0 Å². The van der Waals surface area contributed by atoms with Crippen LogP contribution in [0.3, 0.4) is 0 Å². The molecule has 0 saturated carbocycles. The van der Waals surface area contributed by atoms with Gasteiger partial charge in [-0.15, -0.1) is 0 Å². The Balaban J connectivity index is 1.77. The van der Waals surface area contributed by atoms with Crippen molar-refractivity contribution in [3.05, 3.63) is 76.9 Å². The fraction of sp³-hybridized carbons (Fsp3) is 0.391. The van der Waals surface area contributed by atoms with Gasteiger partial charge in [-0.05, 0) is 54.4 Å². The van der Waals surface area contributed by atoms with Gasteiger partial charge in [0.05, 0.1) is 0 Å². The minimum absolute atomic E-state index is 1.16. The van der Waals surface area contributed by atoms with Crippen molar-refractivity contribution in [2.45, 2.75) is 58.8 Å². The van der Waals surface area contributed by atoms with E-state index in [1.54, 1.807) is 0 Å². The molecule has 0 aliphatic rings. The zero-order chi connectivity index (χ0) is 16.3. The zero-order valence-electron chi connectivity index (χ0n) is 14.7. The maximum atomic E-state index is 2.30. The minimum Gasteiger partial charge on any atom is -0.0840 e. The average Bonchev–Trinajstić information content (AvgIpc) is 2.58. The first-order valence-corrected chi connectivity index (χ1v) is 9.15. The van der Waals surface area contributed by atoms with Crippen molar-refractivity contribution in [2.75, 3.05) is 0 Å². The first-order valence-electron chi connectivity index (χ1n) is 9.15. The number of unbranched alkanes of at least 4 members (excludes halogenated alkanes) is 1. The van der Waals surface area contributed by atoms with Crippen molar-refractivity contribution in [3.63, 3.8) is 0 Å². The topological polar surface area (TPSA) is 0 Å². The Hall–Kier alpha value is -1.82. The van der Waals surface area contributed by atoms with Gasteiger partial charge in [-0.25, -0.2) is 0 Å². The summed E-state index contributed by atoms with van der Waals surface area (Å²) in [6.07, 6.45) is 12.8. The molecule has 0 nitrogen and oxygen atoms in total. The molecule has 2 rings (SSSR count). The third kappa shape index (κ3) is 6.44. The van der Waals surface area contributed by atoms with Gasteiger partial charge in [-0.3, -0.25) is 0 Å². The fourth-order valence-corrected chi connectivity index (χ4v) is 2.84. The standard InChI is InChI=1S/C23H30/c1-3-5-6-9-21-16-18-23(19-17-21)11-7-10-22-14-12-20(8-4-2)13-15-22/h6,9,12-19H,3-5,7-8,10-11H2,1-2H3. The summed E-state index contributed by atoms with van der Waals surface area (Å²) in [6.45, 7) is 4.45. The van der Waals surface area contributed by atoms with Crippen LogP contribution in [0.5, 0.6) is 0 Å². The molecule has 0 unspecified atom stereocenters. The van der Waals surface area contributed by atoms with E-state index in [1.165, 1.54) is 60.8 Å². The Morgan fingerprint density at radius 1 is 0.652 bits per heavy atom. The third-order valence-corrected chi connectivity index (χ3v) is 4.24. The lowest BCUT2D eigenvalue weighted by Gasteiger charge is -2.05. The summed E-state index contributed by atoms with van der Waals surface area (Å²) < 4.78 is 0. The predicted molar refractivity (Wildman–Crippen MR) is 103 cm³/mol. The van der Waals surface area contributed by atoms with E-state index in [0.717, 1.165) is 6.42 Å². The van der Waals surface area contributed by atoms with Crippen molar-refractivity contribution < 1.29 is 0 Å². The Bertz CT molecular complexity index is 572. The number of rotatable bonds is 9. The molecule has 122 valence electrons. The molecule has 0 aromatic heterocycles. The van der Waals surface area contributed by atoms with Crippen LogP contribution in [0, 0.1) is 0 Å². The lowest BCUT2D eigenvalue weighted by Crippen LogP contribution is -1.91. The van der Waals surface area contributed by atoms with Crippen molar-refractivity contribution in [1.82, 2.24) is 0 Å². The largest absolute Gasteiger partial charge is 0.0840 e. The lowest BCUT2D eigenvalue weighted by molar-refractivity contribution is 0.819. The smallest absolute Gasteiger partial charge is 0.0260 e. The van der Waals surface area contributed by atoms with Crippen LogP contribution in [0.15, 0.2) is 54.6 Å². The summed E-state index contributed by atoms with van der Waals surface area (Å²) in [5, 5.41) is 0. The van der Waals surface area contributed by atoms with Gasteiger partial charge in [0.2, 0.25) is 0 Å². The molecule has 0 atom stereocenters. The van der Waals surface area contributed by atoms with Crippen molar-refractivity contribution in [1.29, 1.82) is 0 Å². The molecular formula is C23H30. The highest BCUT2D eigenvalue weighted by Crippen LogP contribution is 2.12. The maximum Gasteiger partial charge on any atom is -0.0260 e. The van der Waals surface area contributed by atoms with E-state index >= 15 is 0 Å². The SMILES string of the molecule is CCCC=Cc1ccc(CCCc2ccc(CCC)cc2)cc1. The van der Waals surface area contributed by atoms with E-state index in [0.29, 0.717) is 0 Å². The molecule has 2 aromatic rings. The van der Waals surface area contributed by atoms with Crippen molar-refractivity contribution in [3.8, 4) is 0 Å². The van der Waals surface area contributed by atoms with E-state index < -0.39 is 0 Å². The van der Waals surface area contributed by atoms with Crippen molar-refractivity contribution in [2.24, 2.45) is 0 Å². The number of hydrogen-bond acceptors (Lipinski definition) is 0.